The van der Waals surface area contributed by atoms with Gasteiger partial charge in [-0.15, -0.1) is 4.91 Å². The Morgan fingerprint density at radius 3 is 2.45 bits per heavy atom. The quantitative estimate of drug-likeness (QED) is 0.286. The first kappa shape index (κ1) is 10.4. The Hall–Kier alpha value is -0.640. The fraction of sp³-hybridized carbons (Fsp3) is 0.833. The van der Waals surface area contributed by atoms with Crippen LogP contribution in [0.4, 0.5) is 0 Å². The summed E-state index contributed by atoms with van der Waals surface area (Å²) in [5.74, 6) is -0.779. The van der Waals surface area contributed by atoms with Crippen LogP contribution in [-0.4, -0.2) is 17.6 Å². The van der Waals surface area contributed by atoms with Crippen molar-refractivity contribution < 1.29 is 9.53 Å². The van der Waals surface area contributed by atoms with Gasteiger partial charge in [0.1, 0.15) is 0 Å². The second-order valence-corrected chi connectivity index (χ2v) is 2.55. The second-order valence-electron chi connectivity index (χ2n) is 1.92. The summed E-state index contributed by atoms with van der Waals surface area (Å²) in [7, 11) is 0. The average molecular weight is 180 g/mol. The summed E-state index contributed by atoms with van der Waals surface area (Å²) >= 11 is 5.48. The van der Waals surface area contributed by atoms with Crippen LogP contribution in [0.5, 0.6) is 0 Å². The maximum absolute atomic E-state index is 10.9. The minimum atomic E-state index is -1.73. The molecule has 0 saturated carbocycles. The monoisotopic (exact) mass is 179 g/mol. The SMILES string of the molecule is CCOC(=O)C(Cl)(CC)N=O. The predicted molar refractivity (Wildman–Crippen MR) is 41.3 cm³/mol. The van der Waals surface area contributed by atoms with Crippen LogP contribution < -0.4 is 0 Å². The smallest absolute Gasteiger partial charge is 0.353 e. The number of rotatable bonds is 4. The number of esters is 1. The molecule has 1 unspecified atom stereocenters. The summed E-state index contributed by atoms with van der Waals surface area (Å²) in [6, 6.07) is 0. The normalized spacial score (nSPS) is 15.2. The molecule has 0 N–H and O–H groups in total. The highest BCUT2D eigenvalue weighted by atomic mass is 35.5. The minimum absolute atomic E-state index is 0.136. The summed E-state index contributed by atoms with van der Waals surface area (Å²) in [6.07, 6.45) is 0.136. The van der Waals surface area contributed by atoms with Crippen LogP contribution in [0.2, 0.25) is 0 Å². The van der Waals surface area contributed by atoms with Crippen LogP contribution in [0.25, 0.3) is 0 Å². The molecular weight excluding hydrogens is 170 g/mol. The zero-order valence-corrected chi connectivity index (χ0v) is 7.22. The first-order valence-electron chi connectivity index (χ1n) is 3.31. The molecule has 0 rings (SSSR count). The number of ether oxygens (including phenoxy) is 1. The first-order chi connectivity index (χ1) is 5.10. The van der Waals surface area contributed by atoms with Crippen LogP contribution in [0.15, 0.2) is 5.18 Å². The topological polar surface area (TPSA) is 55.7 Å². The van der Waals surface area contributed by atoms with Crippen molar-refractivity contribution in [2.75, 3.05) is 6.61 Å². The van der Waals surface area contributed by atoms with Crippen LogP contribution in [-0.2, 0) is 9.53 Å². The summed E-state index contributed by atoms with van der Waals surface area (Å²) in [6.45, 7) is 3.42. The van der Waals surface area contributed by atoms with Gasteiger partial charge >= 0.3 is 5.97 Å². The van der Waals surface area contributed by atoms with E-state index in [2.05, 4.69) is 9.91 Å². The standard InChI is InChI=1S/C6H10ClNO3/c1-3-6(7,8-10)5(9)11-4-2/h3-4H2,1-2H3. The number of hydrogen-bond donors (Lipinski definition) is 0. The third-order valence-electron chi connectivity index (χ3n) is 1.20. The molecule has 0 aromatic carbocycles. The van der Waals surface area contributed by atoms with E-state index in [0.717, 1.165) is 0 Å². The lowest BCUT2D eigenvalue weighted by Crippen LogP contribution is -2.31. The first-order valence-corrected chi connectivity index (χ1v) is 3.69. The van der Waals surface area contributed by atoms with Gasteiger partial charge in [-0.3, -0.25) is 0 Å². The third-order valence-corrected chi connectivity index (χ3v) is 1.69. The van der Waals surface area contributed by atoms with Gasteiger partial charge in [0, 0.05) is 0 Å². The zero-order chi connectivity index (χ0) is 8.91. The number of nitroso groups, excluding NO2 is 1. The molecule has 5 heteroatoms. The lowest BCUT2D eigenvalue weighted by molar-refractivity contribution is -0.146. The third kappa shape index (κ3) is 2.46. The van der Waals surface area contributed by atoms with Crippen molar-refractivity contribution in [1.82, 2.24) is 0 Å². The summed E-state index contributed by atoms with van der Waals surface area (Å²) in [5.41, 5.74) is 0. The molecule has 0 aromatic heterocycles. The Bertz CT molecular complexity index is 162. The molecule has 0 amide bonds. The number of carbonyl (C=O) groups is 1. The Labute approximate surface area is 69.8 Å². The molecule has 0 aliphatic heterocycles. The van der Waals surface area contributed by atoms with E-state index >= 15 is 0 Å². The van der Waals surface area contributed by atoms with E-state index in [1.807, 2.05) is 0 Å². The molecule has 0 fully saturated rings. The molecule has 0 radical (unpaired) electrons. The van der Waals surface area contributed by atoms with Crippen molar-refractivity contribution in [2.24, 2.45) is 5.18 Å². The largest absolute Gasteiger partial charge is 0.463 e. The van der Waals surface area contributed by atoms with Crippen molar-refractivity contribution in [2.45, 2.75) is 25.3 Å². The minimum Gasteiger partial charge on any atom is -0.463 e. The second kappa shape index (κ2) is 4.28. The van der Waals surface area contributed by atoms with Gasteiger partial charge in [-0.1, -0.05) is 18.5 Å². The Morgan fingerprint density at radius 2 is 2.18 bits per heavy atom. The van der Waals surface area contributed by atoms with Crippen molar-refractivity contribution in [3.63, 3.8) is 0 Å². The van der Waals surface area contributed by atoms with E-state index in [0.29, 0.717) is 0 Å². The molecule has 0 aromatic rings. The van der Waals surface area contributed by atoms with Crippen molar-refractivity contribution in [1.29, 1.82) is 0 Å². The van der Waals surface area contributed by atoms with Crippen LogP contribution in [0.1, 0.15) is 20.3 Å². The molecule has 1 atom stereocenters. The molecular formula is C6H10ClNO3. The lowest BCUT2D eigenvalue weighted by atomic mass is 10.2. The molecule has 0 bridgehead atoms. The van der Waals surface area contributed by atoms with Crippen LogP contribution in [0, 0.1) is 4.91 Å². The number of alkyl halides is 1. The molecule has 11 heavy (non-hydrogen) atoms. The Balaban J connectivity index is 4.24. The Morgan fingerprint density at radius 1 is 1.64 bits per heavy atom. The van der Waals surface area contributed by atoms with E-state index in [4.69, 9.17) is 11.6 Å². The maximum Gasteiger partial charge on any atom is 0.353 e. The number of halogens is 1. The molecule has 0 aliphatic carbocycles. The molecule has 64 valence electrons. The molecule has 4 nitrogen and oxygen atoms in total. The van der Waals surface area contributed by atoms with Gasteiger partial charge in [0.05, 0.1) is 6.61 Å². The van der Waals surface area contributed by atoms with Gasteiger partial charge in [0.2, 0.25) is 0 Å². The summed E-state index contributed by atoms with van der Waals surface area (Å²) in [4.78, 5) is 19.2. The highest BCUT2D eigenvalue weighted by Crippen LogP contribution is 2.22. The van der Waals surface area contributed by atoms with Crippen LogP contribution >= 0.6 is 11.6 Å². The van der Waals surface area contributed by atoms with Gasteiger partial charge in [-0.2, -0.15) is 0 Å². The summed E-state index contributed by atoms with van der Waals surface area (Å²) < 4.78 is 4.52. The van der Waals surface area contributed by atoms with E-state index in [1.54, 1.807) is 13.8 Å². The molecule has 0 heterocycles. The lowest BCUT2D eigenvalue weighted by Gasteiger charge is -2.13. The molecule has 0 aliphatic rings. The van der Waals surface area contributed by atoms with Gasteiger partial charge in [-0.25, -0.2) is 4.79 Å². The van der Waals surface area contributed by atoms with Crippen LogP contribution in [0.3, 0.4) is 0 Å². The zero-order valence-electron chi connectivity index (χ0n) is 6.46. The highest BCUT2D eigenvalue weighted by Gasteiger charge is 2.37. The average Bonchev–Trinajstić information content (AvgIpc) is 2.03. The van der Waals surface area contributed by atoms with E-state index in [1.165, 1.54) is 0 Å². The maximum atomic E-state index is 10.9. The molecule has 0 spiro atoms. The fourth-order valence-corrected chi connectivity index (χ4v) is 0.542. The van der Waals surface area contributed by atoms with Gasteiger partial charge < -0.3 is 4.74 Å². The number of hydrogen-bond acceptors (Lipinski definition) is 4. The van der Waals surface area contributed by atoms with E-state index in [9.17, 15) is 9.70 Å². The van der Waals surface area contributed by atoms with Gasteiger partial charge in [0.25, 0.3) is 5.00 Å². The van der Waals surface area contributed by atoms with Gasteiger partial charge in [-0.05, 0) is 18.5 Å². The van der Waals surface area contributed by atoms with Crippen molar-refractivity contribution >= 4 is 17.6 Å². The predicted octanol–water partition coefficient (Wildman–Crippen LogP) is 1.66. The highest BCUT2D eigenvalue weighted by molar-refractivity contribution is 6.33. The van der Waals surface area contributed by atoms with Crippen molar-refractivity contribution in [3.8, 4) is 0 Å². The fourth-order valence-electron chi connectivity index (χ4n) is 0.488. The summed E-state index contributed by atoms with van der Waals surface area (Å²) in [5, 5.41) is 2.50. The van der Waals surface area contributed by atoms with Gasteiger partial charge in [0.15, 0.2) is 0 Å². The number of nitrogens with zero attached hydrogens (tertiary/aromatic N) is 1. The Kier molecular flexibility index (Phi) is 4.03. The van der Waals surface area contributed by atoms with E-state index < -0.39 is 11.0 Å². The van der Waals surface area contributed by atoms with E-state index in [-0.39, 0.29) is 13.0 Å². The molecule has 0 saturated heterocycles. The number of carbonyl (C=O) groups excluding carboxylic acids is 1. The van der Waals surface area contributed by atoms with Crippen molar-refractivity contribution in [3.05, 3.63) is 4.91 Å².